The lowest BCUT2D eigenvalue weighted by Crippen LogP contribution is -2.44. The number of hydrogen-bond donors (Lipinski definition) is 1. The first-order chi connectivity index (χ1) is 14.1. The Morgan fingerprint density at radius 1 is 1.00 bits per heavy atom. The van der Waals surface area contributed by atoms with E-state index in [-0.39, 0.29) is 11.5 Å². The Labute approximate surface area is 177 Å². The van der Waals surface area contributed by atoms with Crippen LogP contribution in [0.4, 0.5) is 0 Å². The molecule has 0 aromatic heterocycles. The van der Waals surface area contributed by atoms with Crippen LogP contribution in [0.3, 0.4) is 0 Å². The van der Waals surface area contributed by atoms with Gasteiger partial charge in [0.25, 0.3) is 0 Å². The van der Waals surface area contributed by atoms with E-state index >= 15 is 0 Å². The number of hydrogen-bond acceptors (Lipinski definition) is 3. The van der Waals surface area contributed by atoms with Crippen LogP contribution >= 0.6 is 0 Å². The molecule has 29 heavy (non-hydrogen) atoms. The summed E-state index contributed by atoms with van der Waals surface area (Å²) in [5.74, 6) is 4.01. The lowest BCUT2D eigenvalue weighted by Gasteiger charge is -2.50. The summed E-state index contributed by atoms with van der Waals surface area (Å²) in [6, 6.07) is 4.47. The van der Waals surface area contributed by atoms with Gasteiger partial charge in [-0.25, -0.2) is 0 Å². The molecular formula is C26H40O3. The van der Waals surface area contributed by atoms with Crippen molar-refractivity contribution in [2.45, 2.75) is 97.0 Å². The van der Waals surface area contributed by atoms with E-state index in [9.17, 15) is 5.11 Å². The maximum absolute atomic E-state index is 10.7. The number of fused-ring (bicyclic) bond motifs is 5. The van der Waals surface area contributed by atoms with Crippen LogP contribution in [0, 0.1) is 17.3 Å². The zero-order chi connectivity index (χ0) is 20.4. The fourth-order valence-corrected chi connectivity index (χ4v) is 6.49. The molecule has 2 saturated carbocycles. The molecule has 0 spiro atoms. The number of unbranched alkanes of at least 4 members (excludes halogenated alkanes) is 2. The number of aryl methyl sites for hydroxylation is 1. The fourth-order valence-electron chi connectivity index (χ4n) is 6.49. The van der Waals surface area contributed by atoms with Crippen LogP contribution in [-0.4, -0.2) is 24.4 Å². The van der Waals surface area contributed by atoms with Gasteiger partial charge in [0.05, 0.1) is 19.3 Å². The van der Waals surface area contributed by atoms with Crippen LogP contribution < -0.4 is 9.47 Å². The quantitative estimate of drug-likeness (QED) is 0.523. The van der Waals surface area contributed by atoms with Crippen LogP contribution in [0.2, 0.25) is 0 Å². The maximum atomic E-state index is 10.7. The van der Waals surface area contributed by atoms with Crippen LogP contribution in [0.15, 0.2) is 12.1 Å². The molecule has 1 aromatic rings. The fraction of sp³-hybridized carbons (Fsp3) is 0.769. The summed E-state index contributed by atoms with van der Waals surface area (Å²) in [5.41, 5.74) is 3.06. The third-order valence-electron chi connectivity index (χ3n) is 8.23. The van der Waals surface area contributed by atoms with Crippen molar-refractivity contribution < 1.29 is 14.6 Å². The Hall–Kier alpha value is -1.22. The molecule has 2 fully saturated rings. The van der Waals surface area contributed by atoms with E-state index in [0.717, 1.165) is 69.7 Å². The molecule has 0 aliphatic heterocycles. The summed E-state index contributed by atoms with van der Waals surface area (Å²) in [7, 11) is 0. The summed E-state index contributed by atoms with van der Waals surface area (Å²) in [4.78, 5) is 0. The Balaban J connectivity index is 1.63. The number of benzene rings is 1. The van der Waals surface area contributed by atoms with Crippen molar-refractivity contribution in [3.63, 3.8) is 0 Å². The van der Waals surface area contributed by atoms with Gasteiger partial charge in [0, 0.05) is 11.6 Å². The van der Waals surface area contributed by atoms with Crippen LogP contribution in [0.1, 0.15) is 95.6 Å². The third-order valence-corrected chi connectivity index (χ3v) is 8.23. The zero-order valence-electron chi connectivity index (χ0n) is 18.7. The average molecular weight is 401 g/mol. The predicted octanol–water partition coefficient (Wildman–Crippen LogP) is 6.26. The van der Waals surface area contributed by atoms with Gasteiger partial charge in [-0.3, -0.25) is 0 Å². The summed E-state index contributed by atoms with van der Waals surface area (Å²) in [6.07, 6.45) is 11.3. The van der Waals surface area contributed by atoms with Crippen LogP contribution in [0.25, 0.3) is 0 Å². The number of aliphatic hydroxyl groups excluding tert-OH is 1. The Bertz CT molecular complexity index is 699. The lowest BCUT2D eigenvalue weighted by atomic mass is 9.55. The summed E-state index contributed by atoms with van der Waals surface area (Å²) >= 11 is 0. The second kappa shape index (κ2) is 8.88. The van der Waals surface area contributed by atoms with Crippen LogP contribution in [0.5, 0.6) is 11.5 Å². The van der Waals surface area contributed by atoms with E-state index < -0.39 is 0 Å². The van der Waals surface area contributed by atoms with Gasteiger partial charge in [-0.15, -0.1) is 0 Å². The predicted molar refractivity (Wildman–Crippen MR) is 118 cm³/mol. The highest BCUT2D eigenvalue weighted by atomic mass is 16.5. The normalized spacial score (nSPS) is 33.0. The highest BCUT2D eigenvalue weighted by Gasteiger charge is 2.54. The van der Waals surface area contributed by atoms with E-state index in [0.29, 0.717) is 17.8 Å². The molecule has 0 heterocycles. The first-order valence-electron chi connectivity index (χ1n) is 12.2. The van der Waals surface area contributed by atoms with Crippen molar-refractivity contribution in [2.24, 2.45) is 17.3 Å². The standard InChI is InChI=1S/C26H40O3/c1-4-6-14-28-19-16-18-8-9-20-21(25(18)23(17-19)29-15-7-5-2)12-13-26(3)22(20)10-11-24(26)27/h16-17,20-22,24,27H,4-15H2,1-3H3/t20-,21-,22-,24-,26-/m0/s1. The molecule has 3 aliphatic rings. The summed E-state index contributed by atoms with van der Waals surface area (Å²) < 4.78 is 12.5. The van der Waals surface area contributed by atoms with Crippen molar-refractivity contribution in [3.05, 3.63) is 23.3 Å². The van der Waals surface area contributed by atoms with Gasteiger partial charge >= 0.3 is 0 Å². The summed E-state index contributed by atoms with van der Waals surface area (Å²) in [6.45, 7) is 8.34. The average Bonchev–Trinajstić information content (AvgIpc) is 3.03. The Morgan fingerprint density at radius 3 is 2.52 bits per heavy atom. The Kier molecular flexibility index (Phi) is 6.44. The minimum atomic E-state index is -0.107. The van der Waals surface area contributed by atoms with Crippen molar-refractivity contribution in [1.29, 1.82) is 0 Å². The van der Waals surface area contributed by atoms with Crippen molar-refractivity contribution in [1.82, 2.24) is 0 Å². The molecule has 0 radical (unpaired) electrons. The molecule has 4 rings (SSSR count). The van der Waals surface area contributed by atoms with E-state index in [1.807, 2.05) is 0 Å². The molecule has 0 unspecified atom stereocenters. The molecule has 3 heteroatoms. The first-order valence-corrected chi connectivity index (χ1v) is 12.2. The zero-order valence-corrected chi connectivity index (χ0v) is 18.7. The van der Waals surface area contributed by atoms with Crippen molar-refractivity contribution in [3.8, 4) is 11.5 Å². The van der Waals surface area contributed by atoms with Gasteiger partial charge in [-0.1, -0.05) is 33.6 Å². The molecule has 1 N–H and O–H groups in total. The second-order valence-corrected chi connectivity index (χ2v) is 9.95. The monoisotopic (exact) mass is 400 g/mol. The SMILES string of the molecule is CCCCOc1cc2c(c(OCCCC)c1)[C@H]1CC[C@]3(C)[C@@H](O)CC[C@H]3[C@H]1CC2. The van der Waals surface area contributed by atoms with Crippen molar-refractivity contribution in [2.75, 3.05) is 13.2 Å². The molecule has 3 aliphatic carbocycles. The topological polar surface area (TPSA) is 38.7 Å². The van der Waals surface area contributed by atoms with Gasteiger partial charge in [-0.05, 0) is 86.2 Å². The molecular weight excluding hydrogens is 360 g/mol. The van der Waals surface area contributed by atoms with E-state index in [2.05, 4.69) is 32.9 Å². The molecule has 0 amide bonds. The molecule has 0 saturated heterocycles. The van der Waals surface area contributed by atoms with E-state index in [4.69, 9.17) is 9.47 Å². The van der Waals surface area contributed by atoms with Gasteiger partial charge in [-0.2, -0.15) is 0 Å². The second-order valence-electron chi connectivity index (χ2n) is 9.95. The van der Waals surface area contributed by atoms with Crippen LogP contribution in [-0.2, 0) is 6.42 Å². The molecule has 0 bridgehead atoms. The number of ether oxygens (including phenoxy) is 2. The van der Waals surface area contributed by atoms with Gasteiger partial charge < -0.3 is 14.6 Å². The molecule has 1 aromatic carbocycles. The highest BCUT2D eigenvalue weighted by Crippen LogP contribution is 2.62. The first kappa shape index (κ1) is 21.0. The van der Waals surface area contributed by atoms with E-state index in [1.54, 1.807) is 0 Å². The molecule has 162 valence electrons. The molecule has 5 atom stereocenters. The molecule has 3 nitrogen and oxygen atoms in total. The van der Waals surface area contributed by atoms with Gasteiger partial charge in [0.2, 0.25) is 0 Å². The summed E-state index contributed by atoms with van der Waals surface area (Å²) in [5, 5.41) is 10.7. The Morgan fingerprint density at radius 2 is 1.76 bits per heavy atom. The van der Waals surface area contributed by atoms with Gasteiger partial charge in [0.1, 0.15) is 11.5 Å². The third kappa shape index (κ3) is 3.92. The van der Waals surface area contributed by atoms with Crippen molar-refractivity contribution >= 4 is 0 Å². The van der Waals surface area contributed by atoms with E-state index in [1.165, 1.54) is 30.4 Å². The minimum Gasteiger partial charge on any atom is -0.493 e. The minimum absolute atomic E-state index is 0.107. The number of rotatable bonds is 8. The maximum Gasteiger partial charge on any atom is 0.126 e. The number of aliphatic hydroxyl groups is 1. The largest absolute Gasteiger partial charge is 0.493 e. The lowest BCUT2D eigenvalue weighted by molar-refractivity contribution is -0.0230. The van der Waals surface area contributed by atoms with Gasteiger partial charge in [0.15, 0.2) is 0 Å². The smallest absolute Gasteiger partial charge is 0.126 e. The highest BCUT2D eigenvalue weighted by molar-refractivity contribution is 5.50.